The summed E-state index contributed by atoms with van der Waals surface area (Å²) in [6.07, 6.45) is 2.37. The molecule has 0 fully saturated rings. The number of methoxy groups -OCH3 is 1. The van der Waals surface area contributed by atoms with Crippen molar-refractivity contribution < 1.29 is 19.0 Å². The van der Waals surface area contributed by atoms with E-state index < -0.39 is 0 Å². The molecule has 2 bridgehead atoms. The van der Waals surface area contributed by atoms with E-state index >= 15 is 0 Å². The van der Waals surface area contributed by atoms with Crippen LogP contribution in [-0.2, 0) is 9.53 Å². The van der Waals surface area contributed by atoms with Gasteiger partial charge in [-0.2, -0.15) is 0 Å². The van der Waals surface area contributed by atoms with E-state index in [4.69, 9.17) is 14.2 Å². The van der Waals surface area contributed by atoms with Crippen molar-refractivity contribution in [3.63, 3.8) is 0 Å². The molecule has 0 radical (unpaired) electrons. The molecule has 1 amide bonds. The fourth-order valence-electron chi connectivity index (χ4n) is 3.84. The van der Waals surface area contributed by atoms with Gasteiger partial charge in [0.2, 0.25) is 0 Å². The molecule has 2 aromatic rings. The minimum atomic E-state index is -0.0855. The quantitative estimate of drug-likeness (QED) is 0.654. The molecule has 33 heavy (non-hydrogen) atoms. The molecule has 176 valence electrons. The Bertz CT molecular complexity index is 1120. The average Bonchev–Trinajstić information content (AvgIpc) is 3.21. The Hall–Kier alpha value is -3.24. The van der Waals surface area contributed by atoms with E-state index in [0.717, 1.165) is 30.4 Å². The van der Waals surface area contributed by atoms with Crippen LogP contribution >= 0.6 is 0 Å². The van der Waals surface area contributed by atoms with Gasteiger partial charge in [0.15, 0.2) is 23.6 Å². The minimum absolute atomic E-state index is 0.0733. The van der Waals surface area contributed by atoms with Gasteiger partial charge in [0.1, 0.15) is 18.8 Å². The van der Waals surface area contributed by atoms with Gasteiger partial charge >= 0.3 is 0 Å². The summed E-state index contributed by atoms with van der Waals surface area (Å²) in [5, 5.41) is 4.33. The molecule has 1 aromatic carbocycles. The van der Waals surface area contributed by atoms with Crippen molar-refractivity contribution in [2.24, 2.45) is 4.99 Å². The first-order chi connectivity index (χ1) is 16.0. The number of carbonyl (C=O) groups is 1. The highest BCUT2D eigenvalue weighted by atomic mass is 16.5. The third kappa shape index (κ3) is 5.58. The summed E-state index contributed by atoms with van der Waals surface area (Å²) in [5.74, 6) is 1.64. The zero-order valence-electron chi connectivity index (χ0n) is 19.3. The largest absolute Gasteiger partial charge is 0.487 e. The summed E-state index contributed by atoms with van der Waals surface area (Å²) < 4.78 is 16.8. The van der Waals surface area contributed by atoms with Crippen molar-refractivity contribution in [1.29, 1.82) is 0 Å². The summed E-state index contributed by atoms with van der Waals surface area (Å²) in [7, 11) is 5.49. The monoisotopic (exact) mass is 454 g/mol. The summed E-state index contributed by atoms with van der Waals surface area (Å²) >= 11 is 0. The Morgan fingerprint density at radius 2 is 2.06 bits per heavy atom. The van der Waals surface area contributed by atoms with Gasteiger partial charge in [-0.25, -0.2) is 9.97 Å². The van der Waals surface area contributed by atoms with Gasteiger partial charge in [-0.05, 0) is 37.7 Å². The molecule has 0 atom stereocenters. The van der Waals surface area contributed by atoms with E-state index in [9.17, 15) is 4.79 Å². The van der Waals surface area contributed by atoms with Crippen LogP contribution in [0.4, 0.5) is 11.5 Å². The first-order valence-electron chi connectivity index (χ1n) is 11.0. The van der Waals surface area contributed by atoms with Crippen molar-refractivity contribution in [2.45, 2.75) is 6.42 Å². The topological polar surface area (TPSA) is 101 Å². The smallest absolute Gasteiger partial charge is 0.260 e. The fraction of sp³-hybridized carbons (Fsp3) is 0.478. The number of anilines is 2. The maximum absolute atomic E-state index is 12.6. The SMILES string of the molecule is COCCOc1ccc2cc1OCC(=O)N(C)CCCN(C)CC1=c3c(ncnc3=NC1)N2. The normalized spacial score (nSPS) is 17.1. The maximum atomic E-state index is 12.6. The second-order valence-corrected chi connectivity index (χ2v) is 8.16. The van der Waals surface area contributed by atoms with Gasteiger partial charge in [-0.15, -0.1) is 0 Å². The molecular weight excluding hydrogens is 424 g/mol. The first-order valence-corrected chi connectivity index (χ1v) is 11.0. The van der Waals surface area contributed by atoms with E-state index in [1.807, 2.05) is 18.2 Å². The summed E-state index contributed by atoms with van der Waals surface area (Å²) in [6, 6.07) is 5.51. The second kappa shape index (κ2) is 10.6. The van der Waals surface area contributed by atoms with Crippen molar-refractivity contribution >= 4 is 23.0 Å². The lowest BCUT2D eigenvalue weighted by Gasteiger charge is -2.22. The highest BCUT2D eigenvalue weighted by Gasteiger charge is 2.17. The Kier molecular flexibility index (Phi) is 7.36. The van der Waals surface area contributed by atoms with E-state index in [0.29, 0.717) is 49.1 Å². The van der Waals surface area contributed by atoms with Crippen LogP contribution in [0.1, 0.15) is 6.42 Å². The van der Waals surface area contributed by atoms with Gasteiger partial charge in [-0.3, -0.25) is 9.79 Å². The highest BCUT2D eigenvalue weighted by molar-refractivity contribution is 5.77. The van der Waals surface area contributed by atoms with Gasteiger partial charge in [-0.1, -0.05) is 0 Å². The highest BCUT2D eigenvalue weighted by Crippen LogP contribution is 2.31. The van der Waals surface area contributed by atoms with Crippen LogP contribution in [-0.4, -0.2) is 92.9 Å². The fourth-order valence-corrected chi connectivity index (χ4v) is 3.84. The Morgan fingerprint density at radius 1 is 1.18 bits per heavy atom. The predicted octanol–water partition coefficient (Wildman–Crippen LogP) is 0.202. The lowest BCUT2D eigenvalue weighted by atomic mass is 10.2. The molecule has 3 heterocycles. The molecule has 1 aromatic heterocycles. The van der Waals surface area contributed by atoms with Crippen LogP contribution in [0.5, 0.6) is 11.5 Å². The van der Waals surface area contributed by atoms with Crippen molar-refractivity contribution in [1.82, 2.24) is 19.8 Å². The van der Waals surface area contributed by atoms with Gasteiger partial charge in [0.25, 0.3) is 5.91 Å². The number of benzene rings is 1. The molecule has 2 aliphatic rings. The molecule has 2 aliphatic heterocycles. The molecule has 1 N–H and O–H groups in total. The number of nitrogens with zero attached hydrogens (tertiary/aromatic N) is 5. The Morgan fingerprint density at radius 3 is 2.91 bits per heavy atom. The number of aromatic nitrogens is 2. The van der Waals surface area contributed by atoms with Gasteiger partial charge in [0.05, 0.1) is 18.4 Å². The molecule has 10 heteroatoms. The van der Waals surface area contributed by atoms with Crippen LogP contribution in [0.25, 0.3) is 5.57 Å². The lowest BCUT2D eigenvalue weighted by molar-refractivity contribution is -0.132. The molecule has 0 unspecified atom stereocenters. The number of carbonyl (C=O) groups excluding carboxylic acids is 1. The molecule has 0 saturated carbocycles. The van der Waals surface area contributed by atoms with Crippen LogP contribution in [0.15, 0.2) is 29.5 Å². The number of rotatable bonds is 4. The number of hydrogen-bond donors (Lipinski definition) is 1. The van der Waals surface area contributed by atoms with Gasteiger partial charge < -0.3 is 29.3 Å². The number of amides is 1. The van der Waals surface area contributed by atoms with Crippen molar-refractivity contribution in [2.75, 3.05) is 72.5 Å². The van der Waals surface area contributed by atoms with E-state index in [-0.39, 0.29) is 12.5 Å². The third-order valence-electron chi connectivity index (χ3n) is 5.62. The molecule has 4 rings (SSSR count). The van der Waals surface area contributed by atoms with E-state index in [1.165, 1.54) is 11.9 Å². The van der Waals surface area contributed by atoms with Crippen molar-refractivity contribution in [3.05, 3.63) is 35.2 Å². The van der Waals surface area contributed by atoms with Crippen LogP contribution in [0.2, 0.25) is 0 Å². The summed E-state index contributed by atoms with van der Waals surface area (Å²) in [4.78, 5) is 30.0. The zero-order chi connectivity index (χ0) is 23.2. The molecule has 0 saturated heterocycles. The number of likely N-dealkylation sites (N-methyl/N-ethyl adjacent to an activating group) is 1. The molecule has 0 spiro atoms. The minimum Gasteiger partial charge on any atom is -0.487 e. The number of fused-ring (bicyclic) bond motifs is 2. The Balaban J connectivity index is 1.71. The van der Waals surface area contributed by atoms with Crippen molar-refractivity contribution in [3.8, 4) is 11.5 Å². The predicted molar refractivity (Wildman–Crippen MR) is 123 cm³/mol. The summed E-state index contributed by atoms with van der Waals surface area (Å²) in [6.45, 7) is 3.62. The van der Waals surface area contributed by atoms with E-state index in [1.54, 1.807) is 19.1 Å². The average molecular weight is 455 g/mol. The number of nitrogens with one attached hydrogen (secondary N) is 1. The maximum Gasteiger partial charge on any atom is 0.260 e. The van der Waals surface area contributed by atoms with Crippen LogP contribution < -0.4 is 25.5 Å². The van der Waals surface area contributed by atoms with Crippen LogP contribution in [0, 0.1) is 0 Å². The number of ether oxygens (including phenoxy) is 3. The molecule has 10 nitrogen and oxygen atoms in total. The zero-order valence-corrected chi connectivity index (χ0v) is 19.3. The van der Waals surface area contributed by atoms with Crippen LogP contribution in [0.3, 0.4) is 0 Å². The molecule has 0 aliphatic carbocycles. The molecular formula is C23H30N6O4. The first kappa shape index (κ1) is 22.9. The Labute approximate surface area is 192 Å². The second-order valence-electron chi connectivity index (χ2n) is 8.16. The van der Waals surface area contributed by atoms with E-state index in [2.05, 4.69) is 32.2 Å². The lowest BCUT2D eigenvalue weighted by Crippen LogP contribution is -2.35. The number of hydrogen-bond acceptors (Lipinski definition) is 9. The van der Waals surface area contributed by atoms with Gasteiger partial charge in [0, 0.05) is 39.0 Å². The third-order valence-corrected chi connectivity index (χ3v) is 5.62. The summed E-state index contributed by atoms with van der Waals surface area (Å²) in [5.41, 5.74) is 2.64. The standard InChI is InChI=1S/C23H30N6O4/c1-28-7-4-8-29(2)20(30)14-33-19-11-17(5-6-18(19)32-10-9-31-3)27-23-21-16(13-28)12-24-22(21)25-15-26-23/h5-6,11,15H,4,7-10,12-14H2,1-3H3,(H,24,25,26,27).